The molecule has 0 aliphatic carbocycles. The van der Waals surface area contributed by atoms with Crippen LogP contribution in [0.3, 0.4) is 0 Å². The molecule has 142 valence electrons. The monoisotopic (exact) mass is 369 g/mol. The molecule has 2 aromatic rings. The van der Waals surface area contributed by atoms with Crippen LogP contribution in [0.5, 0.6) is 5.75 Å². The first-order valence-corrected chi connectivity index (χ1v) is 9.10. The molecule has 0 radical (unpaired) electrons. The van der Waals surface area contributed by atoms with Gasteiger partial charge in [-0.25, -0.2) is 4.98 Å². The van der Waals surface area contributed by atoms with Gasteiger partial charge in [-0.05, 0) is 19.1 Å². The number of aryl methyl sites for hydroxylation is 1. The van der Waals surface area contributed by atoms with Crippen molar-refractivity contribution in [2.75, 3.05) is 31.1 Å². The summed E-state index contributed by atoms with van der Waals surface area (Å²) in [5.74, 6) is 1.16. The number of amides is 2. The number of imidazole rings is 1. The molecule has 8 nitrogen and oxygen atoms in total. The van der Waals surface area contributed by atoms with E-state index < -0.39 is 6.10 Å². The number of piperazine rings is 1. The van der Waals surface area contributed by atoms with Crippen molar-refractivity contribution in [2.45, 2.75) is 19.1 Å². The summed E-state index contributed by atoms with van der Waals surface area (Å²) in [6.45, 7) is 3.63. The first-order valence-electron chi connectivity index (χ1n) is 9.10. The predicted molar refractivity (Wildman–Crippen MR) is 99.4 cm³/mol. The zero-order valence-electron chi connectivity index (χ0n) is 15.5. The molecule has 8 heteroatoms. The Morgan fingerprint density at radius 3 is 2.96 bits per heavy atom. The van der Waals surface area contributed by atoms with Crippen molar-refractivity contribution in [3.8, 4) is 5.75 Å². The molecule has 4 rings (SSSR count). The third kappa shape index (κ3) is 3.16. The molecule has 3 heterocycles. The van der Waals surface area contributed by atoms with Gasteiger partial charge in [0.25, 0.3) is 5.91 Å². The Bertz CT molecular complexity index is 865. The van der Waals surface area contributed by atoms with E-state index in [2.05, 4.69) is 10.3 Å². The number of fused-ring (bicyclic) bond motifs is 1. The van der Waals surface area contributed by atoms with Crippen LogP contribution in [-0.4, -0.2) is 58.5 Å². The number of rotatable bonds is 3. The Hall–Kier alpha value is -2.87. The van der Waals surface area contributed by atoms with Gasteiger partial charge in [0.05, 0.1) is 5.69 Å². The van der Waals surface area contributed by atoms with Crippen molar-refractivity contribution in [1.82, 2.24) is 19.8 Å². The molecule has 1 aromatic heterocycles. The molecule has 2 amide bonds. The summed E-state index contributed by atoms with van der Waals surface area (Å²) in [4.78, 5) is 33.6. The topological polar surface area (TPSA) is 79.7 Å². The Morgan fingerprint density at radius 2 is 2.19 bits per heavy atom. The molecule has 0 bridgehead atoms. The second-order valence-corrected chi connectivity index (χ2v) is 6.86. The predicted octanol–water partition coefficient (Wildman–Crippen LogP) is 0.707. The van der Waals surface area contributed by atoms with E-state index in [9.17, 15) is 9.59 Å². The number of hydrogen-bond donors (Lipinski definition) is 1. The fourth-order valence-electron chi connectivity index (χ4n) is 3.68. The van der Waals surface area contributed by atoms with Crippen LogP contribution in [0, 0.1) is 0 Å². The fourth-order valence-corrected chi connectivity index (χ4v) is 3.68. The lowest BCUT2D eigenvalue weighted by Crippen LogP contribution is -2.54. The van der Waals surface area contributed by atoms with Crippen molar-refractivity contribution >= 4 is 17.5 Å². The number of carbonyl (C=O) groups excluding carboxylic acids is 2. The van der Waals surface area contributed by atoms with Crippen LogP contribution in [0.25, 0.3) is 0 Å². The van der Waals surface area contributed by atoms with Crippen molar-refractivity contribution < 1.29 is 14.3 Å². The summed E-state index contributed by atoms with van der Waals surface area (Å²) >= 11 is 0. The molecule has 2 unspecified atom stereocenters. The number of benzene rings is 1. The van der Waals surface area contributed by atoms with Crippen LogP contribution in [0.2, 0.25) is 0 Å². The summed E-state index contributed by atoms with van der Waals surface area (Å²) < 4.78 is 7.58. The molecule has 2 aliphatic rings. The van der Waals surface area contributed by atoms with E-state index in [1.807, 2.05) is 40.9 Å². The number of aromatic nitrogens is 2. The van der Waals surface area contributed by atoms with Gasteiger partial charge in [0.2, 0.25) is 5.91 Å². The van der Waals surface area contributed by atoms with E-state index in [-0.39, 0.29) is 24.4 Å². The van der Waals surface area contributed by atoms with Gasteiger partial charge < -0.3 is 19.5 Å². The van der Waals surface area contributed by atoms with Gasteiger partial charge in [-0.15, -0.1) is 0 Å². The number of nitrogens with zero attached hydrogens (tertiary/aromatic N) is 4. The van der Waals surface area contributed by atoms with Crippen molar-refractivity contribution in [3.63, 3.8) is 0 Å². The van der Waals surface area contributed by atoms with Gasteiger partial charge in [-0.1, -0.05) is 12.1 Å². The summed E-state index contributed by atoms with van der Waals surface area (Å²) in [6, 6.07) is 7.16. The van der Waals surface area contributed by atoms with Crippen molar-refractivity contribution in [3.05, 3.63) is 42.5 Å². The Morgan fingerprint density at radius 1 is 1.37 bits per heavy atom. The van der Waals surface area contributed by atoms with Gasteiger partial charge in [0.15, 0.2) is 6.10 Å². The number of carbonyl (C=O) groups is 2. The van der Waals surface area contributed by atoms with E-state index >= 15 is 0 Å². The molecule has 2 aliphatic heterocycles. The third-order valence-electron chi connectivity index (χ3n) is 5.09. The Balaban J connectivity index is 1.59. The van der Waals surface area contributed by atoms with Gasteiger partial charge in [-0.3, -0.25) is 14.5 Å². The fraction of sp³-hybridized carbons (Fsp3) is 0.421. The second-order valence-electron chi connectivity index (χ2n) is 6.86. The molecule has 2 atom stereocenters. The molecule has 1 N–H and O–H groups in total. The quantitative estimate of drug-likeness (QED) is 0.862. The lowest BCUT2D eigenvalue weighted by molar-refractivity contribution is -0.135. The minimum atomic E-state index is -0.610. The molecule has 0 saturated carbocycles. The SMILES string of the molecule is CC1Oc2ccccc2N(CC(=O)N2CCNCC2c2nccn2C)C1=O. The maximum Gasteiger partial charge on any atom is 0.268 e. The van der Waals surface area contributed by atoms with Gasteiger partial charge in [-0.2, -0.15) is 0 Å². The number of hydrogen-bond acceptors (Lipinski definition) is 5. The average Bonchev–Trinajstić information content (AvgIpc) is 3.11. The van der Waals surface area contributed by atoms with Crippen molar-refractivity contribution in [2.24, 2.45) is 7.05 Å². The highest BCUT2D eigenvalue weighted by atomic mass is 16.5. The third-order valence-corrected chi connectivity index (χ3v) is 5.09. The van der Waals surface area contributed by atoms with Crippen LogP contribution in [0.4, 0.5) is 5.69 Å². The van der Waals surface area contributed by atoms with Gasteiger partial charge in [0.1, 0.15) is 24.2 Å². The largest absolute Gasteiger partial charge is 0.479 e. The minimum absolute atomic E-state index is 0.00945. The number of nitrogens with one attached hydrogen (secondary N) is 1. The smallest absolute Gasteiger partial charge is 0.268 e. The first-order chi connectivity index (χ1) is 13.1. The zero-order chi connectivity index (χ0) is 19.0. The lowest BCUT2D eigenvalue weighted by Gasteiger charge is -2.38. The molecule has 0 spiro atoms. The zero-order valence-corrected chi connectivity index (χ0v) is 15.5. The Labute approximate surface area is 157 Å². The molecule has 1 saturated heterocycles. The van der Waals surface area contributed by atoms with Crippen LogP contribution in [0.1, 0.15) is 18.8 Å². The maximum absolute atomic E-state index is 13.2. The van der Waals surface area contributed by atoms with Gasteiger partial charge >= 0.3 is 0 Å². The van der Waals surface area contributed by atoms with Gasteiger partial charge in [0, 0.05) is 39.1 Å². The second kappa shape index (κ2) is 7.03. The number of para-hydroxylation sites is 2. The van der Waals surface area contributed by atoms with Crippen LogP contribution in [-0.2, 0) is 16.6 Å². The average molecular weight is 369 g/mol. The van der Waals surface area contributed by atoms with E-state index in [1.165, 1.54) is 4.90 Å². The summed E-state index contributed by atoms with van der Waals surface area (Å²) in [5, 5.41) is 3.32. The minimum Gasteiger partial charge on any atom is -0.479 e. The number of ether oxygens (including phenoxy) is 1. The van der Waals surface area contributed by atoms with Crippen LogP contribution >= 0.6 is 0 Å². The summed E-state index contributed by atoms with van der Waals surface area (Å²) in [6.07, 6.45) is 2.99. The molecule has 1 fully saturated rings. The highest BCUT2D eigenvalue weighted by Crippen LogP contribution is 2.34. The van der Waals surface area contributed by atoms with Crippen LogP contribution < -0.4 is 15.0 Å². The molecule has 27 heavy (non-hydrogen) atoms. The maximum atomic E-state index is 13.2. The lowest BCUT2D eigenvalue weighted by atomic mass is 10.1. The highest BCUT2D eigenvalue weighted by Gasteiger charge is 2.36. The Kier molecular flexibility index (Phi) is 4.57. The molecule has 1 aromatic carbocycles. The summed E-state index contributed by atoms with van der Waals surface area (Å²) in [7, 11) is 1.92. The van der Waals surface area contributed by atoms with Crippen LogP contribution in [0.15, 0.2) is 36.7 Å². The summed E-state index contributed by atoms with van der Waals surface area (Å²) in [5.41, 5.74) is 0.637. The normalized spacial score (nSPS) is 22.4. The first kappa shape index (κ1) is 17.5. The number of anilines is 1. The van der Waals surface area contributed by atoms with E-state index in [0.717, 1.165) is 12.4 Å². The van der Waals surface area contributed by atoms with E-state index in [1.54, 1.807) is 19.2 Å². The van der Waals surface area contributed by atoms with E-state index in [4.69, 9.17) is 4.74 Å². The standard InChI is InChI=1S/C19H23N5O3/c1-13-19(26)24(14-5-3-4-6-16(14)27-13)12-17(25)23-10-7-20-11-15(23)18-21-8-9-22(18)2/h3-6,8-9,13,15,20H,7,10-12H2,1-2H3. The highest BCUT2D eigenvalue weighted by molar-refractivity contribution is 6.03. The molecular formula is C19H23N5O3. The van der Waals surface area contributed by atoms with E-state index in [0.29, 0.717) is 24.5 Å². The van der Waals surface area contributed by atoms with Crippen molar-refractivity contribution in [1.29, 1.82) is 0 Å². The molecular weight excluding hydrogens is 346 g/mol.